The van der Waals surface area contributed by atoms with E-state index in [2.05, 4.69) is 16.7 Å². The molecule has 2 rings (SSSR count). The Morgan fingerprint density at radius 1 is 1.24 bits per heavy atom. The fourth-order valence-electron chi connectivity index (χ4n) is 3.20. The van der Waals surface area contributed by atoms with Crippen LogP contribution in [0, 0.1) is 5.92 Å². The highest BCUT2D eigenvalue weighted by Gasteiger charge is 2.48. The first-order chi connectivity index (χ1) is 8.26. The Balaban J connectivity index is 2.00. The second kappa shape index (κ2) is 5.65. The Hall–Kier alpha value is -0.160. The first kappa shape index (κ1) is 13.3. The van der Waals surface area contributed by atoms with E-state index in [0.29, 0.717) is 0 Å². The number of nitrogens with two attached hydrogens (primary N) is 1. The molecule has 0 aromatic rings. The quantitative estimate of drug-likeness (QED) is 0.730. The van der Waals surface area contributed by atoms with E-state index < -0.39 is 0 Å². The number of hydrogen-bond acceptors (Lipinski definition) is 4. The SMILES string of the molecule is CCN1CCN(C(CN)(COC)C2CC2)CC1. The van der Waals surface area contributed by atoms with Crippen molar-refractivity contribution in [3.8, 4) is 0 Å². The largest absolute Gasteiger partial charge is 0.383 e. The van der Waals surface area contributed by atoms with Crippen LogP contribution in [0.4, 0.5) is 0 Å². The summed E-state index contributed by atoms with van der Waals surface area (Å²) in [6.45, 7) is 9.57. The Kier molecular flexibility index (Phi) is 4.42. The van der Waals surface area contributed by atoms with Gasteiger partial charge >= 0.3 is 0 Å². The topological polar surface area (TPSA) is 41.7 Å². The number of nitrogens with zero attached hydrogens (tertiary/aromatic N) is 2. The zero-order valence-electron chi connectivity index (χ0n) is 11.3. The van der Waals surface area contributed by atoms with Crippen molar-refractivity contribution in [2.75, 3.05) is 53.0 Å². The number of ether oxygens (including phenoxy) is 1. The molecule has 1 aliphatic heterocycles. The van der Waals surface area contributed by atoms with Crippen LogP contribution in [0.25, 0.3) is 0 Å². The van der Waals surface area contributed by atoms with Crippen LogP contribution in [0.5, 0.6) is 0 Å². The molecular weight excluding hydrogens is 214 g/mol. The molecule has 1 unspecified atom stereocenters. The van der Waals surface area contributed by atoms with Crippen molar-refractivity contribution in [2.24, 2.45) is 11.7 Å². The summed E-state index contributed by atoms with van der Waals surface area (Å²) in [5.74, 6) is 0.764. The van der Waals surface area contributed by atoms with E-state index in [1.165, 1.54) is 25.9 Å². The number of methoxy groups -OCH3 is 1. The van der Waals surface area contributed by atoms with Gasteiger partial charge in [-0.05, 0) is 25.3 Å². The van der Waals surface area contributed by atoms with Gasteiger partial charge in [-0.2, -0.15) is 0 Å². The average molecular weight is 241 g/mol. The highest BCUT2D eigenvalue weighted by molar-refractivity contribution is 5.04. The first-order valence-electron chi connectivity index (χ1n) is 6.93. The van der Waals surface area contributed by atoms with Gasteiger partial charge in [0, 0.05) is 39.8 Å². The fourth-order valence-corrected chi connectivity index (χ4v) is 3.20. The standard InChI is InChI=1S/C13H27N3O/c1-3-15-6-8-16(9-7-15)13(10-14,11-17-2)12-4-5-12/h12H,3-11,14H2,1-2H3. The molecule has 2 aliphatic rings. The lowest BCUT2D eigenvalue weighted by atomic mass is 9.91. The fraction of sp³-hybridized carbons (Fsp3) is 1.00. The maximum atomic E-state index is 6.10. The van der Waals surface area contributed by atoms with Gasteiger partial charge in [-0.1, -0.05) is 6.92 Å². The van der Waals surface area contributed by atoms with Crippen LogP contribution in [0.2, 0.25) is 0 Å². The molecule has 0 aromatic carbocycles. The van der Waals surface area contributed by atoms with Crippen LogP contribution in [-0.4, -0.2) is 68.3 Å². The molecule has 1 saturated carbocycles. The molecule has 0 radical (unpaired) electrons. The molecular formula is C13H27N3O. The number of hydrogen-bond donors (Lipinski definition) is 1. The predicted octanol–water partition coefficient (Wildman–Crippen LogP) is 0.378. The first-order valence-corrected chi connectivity index (χ1v) is 6.93. The Bertz CT molecular complexity index is 237. The highest BCUT2D eigenvalue weighted by atomic mass is 16.5. The molecule has 2 fully saturated rings. The summed E-state index contributed by atoms with van der Waals surface area (Å²) in [6, 6.07) is 0. The zero-order valence-corrected chi connectivity index (χ0v) is 11.3. The van der Waals surface area contributed by atoms with Gasteiger partial charge in [-0.15, -0.1) is 0 Å². The van der Waals surface area contributed by atoms with Crippen LogP contribution in [0.15, 0.2) is 0 Å². The van der Waals surface area contributed by atoms with Crippen molar-refractivity contribution in [1.29, 1.82) is 0 Å². The average Bonchev–Trinajstić information content (AvgIpc) is 3.21. The van der Waals surface area contributed by atoms with E-state index in [0.717, 1.165) is 38.7 Å². The Labute approximate surface area is 105 Å². The van der Waals surface area contributed by atoms with Crippen molar-refractivity contribution in [3.63, 3.8) is 0 Å². The minimum atomic E-state index is 0.120. The molecule has 4 nitrogen and oxygen atoms in total. The normalized spacial score (nSPS) is 27.0. The summed E-state index contributed by atoms with van der Waals surface area (Å²) in [5, 5.41) is 0. The van der Waals surface area contributed by atoms with Crippen molar-refractivity contribution < 1.29 is 4.74 Å². The van der Waals surface area contributed by atoms with Crippen molar-refractivity contribution in [2.45, 2.75) is 25.3 Å². The zero-order chi connectivity index (χ0) is 12.3. The van der Waals surface area contributed by atoms with Gasteiger partial charge in [0.2, 0.25) is 0 Å². The van der Waals surface area contributed by atoms with Crippen molar-refractivity contribution >= 4 is 0 Å². The minimum Gasteiger partial charge on any atom is -0.383 e. The van der Waals surface area contributed by atoms with Gasteiger partial charge < -0.3 is 15.4 Å². The van der Waals surface area contributed by atoms with Crippen LogP contribution in [0.1, 0.15) is 19.8 Å². The van der Waals surface area contributed by atoms with Gasteiger partial charge in [0.1, 0.15) is 0 Å². The summed E-state index contributed by atoms with van der Waals surface area (Å²) in [4.78, 5) is 5.11. The molecule has 0 bridgehead atoms. The van der Waals surface area contributed by atoms with Gasteiger partial charge in [0.25, 0.3) is 0 Å². The third-order valence-electron chi connectivity index (χ3n) is 4.53. The van der Waals surface area contributed by atoms with E-state index in [1.807, 2.05) is 0 Å². The predicted molar refractivity (Wildman–Crippen MR) is 70.1 cm³/mol. The summed E-state index contributed by atoms with van der Waals surface area (Å²) in [5.41, 5.74) is 6.22. The maximum absolute atomic E-state index is 6.10. The second-order valence-corrected chi connectivity index (χ2v) is 5.44. The van der Waals surface area contributed by atoms with E-state index in [9.17, 15) is 0 Å². The van der Waals surface area contributed by atoms with Gasteiger partial charge in [0.15, 0.2) is 0 Å². The monoisotopic (exact) mass is 241 g/mol. The Morgan fingerprint density at radius 3 is 2.29 bits per heavy atom. The lowest BCUT2D eigenvalue weighted by Crippen LogP contribution is -2.63. The van der Waals surface area contributed by atoms with Crippen molar-refractivity contribution in [1.82, 2.24) is 9.80 Å². The maximum Gasteiger partial charge on any atom is 0.0661 e. The molecule has 2 N–H and O–H groups in total. The minimum absolute atomic E-state index is 0.120. The highest BCUT2D eigenvalue weighted by Crippen LogP contribution is 2.43. The molecule has 1 saturated heterocycles. The summed E-state index contributed by atoms with van der Waals surface area (Å²) in [6.07, 6.45) is 2.66. The van der Waals surface area contributed by atoms with Crippen LogP contribution >= 0.6 is 0 Å². The molecule has 0 spiro atoms. The van der Waals surface area contributed by atoms with E-state index in [4.69, 9.17) is 10.5 Å². The second-order valence-electron chi connectivity index (χ2n) is 5.44. The molecule has 1 atom stereocenters. The Morgan fingerprint density at radius 2 is 1.88 bits per heavy atom. The van der Waals surface area contributed by atoms with E-state index in [-0.39, 0.29) is 5.54 Å². The smallest absolute Gasteiger partial charge is 0.0661 e. The summed E-state index contributed by atoms with van der Waals surface area (Å²) in [7, 11) is 1.80. The molecule has 0 aromatic heterocycles. The van der Waals surface area contributed by atoms with E-state index in [1.54, 1.807) is 7.11 Å². The summed E-state index contributed by atoms with van der Waals surface area (Å²) < 4.78 is 5.47. The van der Waals surface area contributed by atoms with Gasteiger partial charge in [-0.25, -0.2) is 0 Å². The number of likely N-dealkylation sites (N-methyl/N-ethyl adjacent to an activating group) is 1. The number of piperazine rings is 1. The van der Waals surface area contributed by atoms with Crippen LogP contribution in [-0.2, 0) is 4.74 Å². The van der Waals surface area contributed by atoms with Gasteiger partial charge in [0.05, 0.1) is 12.1 Å². The molecule has 17 heavy (non-hydrogen) atoms. The van der Waals surface area contributed by atoms with Crippen LogP contribution in [0.3, 0.4) is 0 Å². The molecule has 1 aliphatic carbocycles. The molecule has 4 heteroatoms. The third kappa shape index (κ3) is 2.65. The third-order valence-corrected chi connectivity index (χ3v) is 4.53. The molecule has 1 heterocycles. The van der Waals surface area contributed by atoms with Gasteiger partial charge in [-0.3, -0.25) is 4.90 Å². The lowest BCUT2D eigenvalue weighted by molar-refractivity contribution is -0.0259. The lowest BCUT2D eigenvalue weighted by Gasteiger charge is -2.47. The summed E-state index contributed by atoms with van der Waals surface area (Å²) >= 11 is 0. The number of rotatable bonds is 6. The van der Waals surface area contributed by atoms with Crippen molar-refractivity contribution in [3.05, 3.63) is 0 Å². The van der Waals surface area contributed by atoms with E-state index >= 15 is 0 Å². The van der Waals surface area contributed by atoms with Crippen LogP contribution < -0.4 is 5.73 Å². The molecule has 100 valence electrons. The molecule has 0 amide bonds.